The molecule has 0 spiro atoms. The van der Waals surface area contributed by atoms with Crippen LogP contribution in [0.2, 0.25) is 0 Å². The summed E-state index contributed by atoms with van der Waals surface area (Å²) in [6.45, 7) is 3.19. The maximum Gasteiger partial charge on any atom is 0.0916 e. The maximum atomic E-state index is 5.08. The van der Waals surface area contributed by atoms with Crippen molar-refractivity contribution in [1.82, 2.24) is 5.48 Å². The fraction of sp³-hybridized carbons (Fsp3) is 1.00. The molecule has 6 heteroatoms. The van der Waals surface area contributed by atoms with Crippen molar-refractivity contribution in [2.24, 2.45) is 5.90 Å². The van der Waals surface area contributed by atoms with Crippen LogP contribution >= 0.6 is 0 Å². The van der Waals surface area contributed by atoms with Crippen molar-refractivity contribution in [3.63, 3.8) is 0 Å². The van der Waals surface area contributed by atoms with Crippen LogP contribution in [-0.2, 0) is 19.1 Å². The molecule has 13 heavy (non-hydrogen) atoms. The van der Waals surface area contributed by atoms with Gasteiger partial charge < -0.3 is 14.3 Å². The molecule has 0 atom stereocenters. The van der Waals surface area contributed by atoms with E-state index in [-0.39, 0.29) is 0 Å². The average molecular weight is 194 g/mol. The predicted molar refractivity (Wildman–Crippen MR) is 46.8 cm³/mol. The van der Waals surface area contributed by atoms with Crippen molar-refractivity contribution < 1.29 is 19.1 Å². The van der Waals surface area contributed by atoms with E-state index in [4.69, 9.17) is 20.2 Å². The first-order valence-electron chi connectivity index (χ1n) is 4.15. The molecule has 0 aromatic rings. The first kappa shape index (κ1) is 12.8. The topological polar surface area (TPSA) is 75.0 Å². The van der Waals surface area contributed by atoms with Gasteiger partial charge in [0.15, 0.2) is 0 Å². The van der Waals surface area contributed by atoms with Crippen LogP contribution in [0.3, 0.4) is 0 Å². The number of methoxy groups -OCH3 is 1. The average Bonchev–Trinajstić information content (AvgIpc) is 2.16. The lowest BCUT2D eigenvalue weighted by atomic mass is 10.7. The molecule has 0 amide bonds. The van der Waals surface area contributed by atoms with E-state index in [1.807, 2.05) is 0 Å². The van der Waals surface area contributed by atoms with Crippen molar-refractivity contribution >= 4 is 0 Å². The molecule has 0 aromatic carbocycles. The summed E-state index contributed by atoms with van der Waals surface area (Å²) in [6, 6.07) is 0. The second kappa shape index (κ2) is 11.8. The minimum atomic E-state index is 0.400. The third kappa shape index (κ3) is 11.8. The van der Waals surface area contributed by atoms with Crippen molar-refractivity contribution in [3.8, 4) is 0 Å². The van der Waals surface area contributed by atoms with Gasteiger partial charge in [-0.1, -0.05) is 0 Å². The van der Waals surface area contributed by atoms with Crippen LogP contribution in [0.1, 0.15) is 0 Å². The van der Waals surface area contributed by atoms with E-state index in [1.54, 1.807) is 7.11 Å². The summed E-state index contributed by atoms with van der Waals surface area (Å²) in [6.07, 6.45) is 0. The van der Waals surface area contributed by atoms with E-state index in [0.29, 0.717) is 39.6 Å². The Hall–Kier alpha value is -0.240. The van der Waals surface area contributed by atoms with E-state index in [1.165, 1.54) is 0 Å². The van der Waals surface area contributed by atoms with Crippen LogP contribution < -0.4 is 11.4 Å². The third-order valence-electron chi connectivity index (χ3n) is 1.19. The molecule has 0 aliphatic carbocycles. The highest BCUT2D eigenvalue weighted by Gasteiger charge is 1.89. The minimum Gasteiger partial charge on any atom is -0.383 e. The molecule has 0 radical (unpaired) electrons. The molecular formula is C7H18N2O4. The summed E-state index contributed by atoms with van der Waals surface area (Å²) >= 11 is 0. The van der Waals surface area contributed by atoms with Crippen molar-refractivity contribution in [2.45, 2.75) is 0 Å². The molecule has 0 aromatic heterocycles. The highest BCUT2D eigenvalue weighted by molar-refractivity contribution is 4.31. The fourth-order valence-corrected chi connectivity index (χ4v) is 0.598. The molecule has 0 rings (SSSR count). The normalized spacial score (nSPS) is 10.6. The fourth-order valence-electron chi connectivity index (χ4n) is 0.598. The van der Waals surface area contributed by atoms with Gasteiger partial charge in [0.2, 0.25) is 0 Å². The van der Waals surface area contributed by atoms with Crippen molar-refractivity contribution in [3.05, 3.63) is 0 Å². The standard InChI is InChI=1S/C7H18N2O4/c1-10-3-2-9-13-7-5-11-4-6-12-8/h9H,2-8H2,1H3. The second-order valence-electron chi connectivity index (χ2n) is 2.22. The zero-order valence-electron chi connectivity index (χ0n) is 7.95. The molecule has 0 aliphatic heterocycles. The first-order chi connectivity index (χ1) is 6.41. The van der Waals surface area contributed by atoms with Gasteiger partial charge in [-0.25, -0.2) is 11.4 Å². The van der Waals surface area contributed by atoms with Crippen LogP contribution in [0, 0.1) is 0 Å². The van der Waals surface area contributed by atoms with Crippen LogP contribution in [0.15, 0.2) is 0 Å². The van der Waals surface area contributed by atoms with Gasteiger partial charge >= 0.3 is 0 Å². The molecule has 3 N–H and O–H groups in total. The molecular weight excluding hydrogens is 176 g/mol. The number of ether oxygens (including phenoxy) is 2. The van der Waals surface area contributed by atoms with Crippen molar-refractivity contribution in [1.29, 1.82) is 0 Å². The Morgan fingerprint density at radius 2 is 1.85 bits per heavy atom. The Morgan fingerprint density at radius 1 is 1.08 bits per heavy atom. The summed E-state index contributed by atoms with van der Waals surface area (Å²) in [7, 11) is 1.64. The van der Waals surface area contributed by atoms with Crippen LogP contribution in [0.25, 0.3) is 0 Å². The maximum absolute atomic E-state index is 5.08. The molecule has 0 fully saturated rings. The molecule has 0 saturated carbocycles. The molecule has 0 heterocycles. The monoisotopic (exact) mass is 194 g/mol. The Bertz CT molecular complexity index is 84.6. The molecule has 0 aliphatic rings. The van der Waals surface area contributed by atoms with Crippen LogP contribution in [0.5, 0.6) is 0 Å². The van der Waals surface area contributed by atoms with Gasteiger partial charge in [0.25, 0.3) is 0 Å². The van der Waals surface area contributed by atoms with Crippen LogP contribution in [0.4, 0.5) is 0 Å². The highest BCUT2D eigenvalue weighted by atomic mass is 16.7. The van der Waals surface area contributed by atoms with Crippen molar-refractivity contribution in [2.75, 3.05) is 46.7 Å². The van der Waals surface area contributed by atoms with Gasteiger partial charge in [-0.3, -0.25) is 4.84 Å². The lowest BCUT2D eigenvalue weighted by Crippen LogP contribution is -2.22. The smallest absolute Gasteiger partial charge is 0.0916 e. The summed E-state index contributed by atoms with van der Waals surface area (Å²) in [5, 5.41) is 0. The summed E-state index contributed by atoms with van der Waals surface area (Å²) in [5.74, 6) is 4.79. The highest BCUT2D eigenvalue weighted by Crippen LogP contribution is 1.76. The number of hydrogen-bond acceptors (Lipinski definition) is 6. The lowest BCUT2D eigenvalue weighted by Gasteiger charge is -2.05. The first-order valence-corrected chi connectivity index (χ1v) is 4.15. The third-order valence-corrected chi connectivity index (χ3v) is 1.19. The summed E-state index contributed by atoms with van der Waals surface area (Å²) in [4.78, 5) is 9.29. The van der Waals surface area contributed by atoms with Gasteiger partial charge in [0.1, 0.15) is 0 Å². The van der Waals surface area contributed by atoms with E-state index in [0.717, 1.165) is 0 Å². The largest absolute Gasteiger partial charge is 0.383 e. The van der Waals surface area contributed by atoms with E-state index >= 15 is 0 Å². The predicted octanol–water partition coefficient (Wildman–Crippen LogP) is -0.939. The Morgan fingerprint density at radius 3 is 2.54 bits per heavy atom. The van der Waals surface area contributed by atoms with E-state index in [9.17, 15) is 0 Å². The Kier molecular flexibility index (Phi) is 11.5. The lowest BCUT2D eigenvalue weighted by molar-refractivity contribution is -0.0235. The number of hydroxylamine groups is 1. The Balaban J connectivity index is 2.76. The van der Waals surface area contributed by atoms with E-state index in [2.05, 4.69) is 10.3 Å². The molecule has 6 nitrogen and oxygen atoms in total. The molecule has 80 valence electrons. The number of nitrogens with one attached hydrogen (secondary N) is 1. The number of hydrogen-bond donors (Lipinski definition) is 2. The Labute approximate surface area is 78.2 Å². The molecule has 0 unspecified atom stereocenters. The molecule has 0 saturated heterocycles. The van der Waals surface area contributed by atoms with Gasteiger partial charge in [0.05, 0.1) is 33.0 Å². The van der Waals surface area contributed by atoms with Gasteiger partial charge in [0, 0.05) is 13.7 Å². The molecule has 0 bridgehead atoms. The van der Waals surface area contributed by atoms with Gasteiger partial charge in [-0.15, -0.1) is 0 Å². The second-order valence-corrected chi connectivity index (χ2v) is 2.22. The van der Waals surface area contributed by atoms with E-state index < -0.39 is 0 Å². The SMILES string of the molecule is COCCNOCCOCCON. The summed E-state index contributed by atoms with van der Waals surface area (Å²) < 4.78 is 9.88. The van der Waals surface area contributed by atoms with Crippen LogP contribution in [-0.4, -0.2) is 46.7 Å². The zero-order chi connectivity index (χ0) is 9.78. The minimum absolute atomic E-state index is 0.400. The van der Waals surface area contributed by atoms with Gasteiger partial charge in [-0.05, 0) is 0 Å². The number of rotatable bonds is 10. The van der Waals surface area contributed by atoms with Gasteiger partial charge in [-0.2, -0.15) is 0 Å². The summed E-state index contributed by atoms with van der Waals surface area (Å²) in [5.41, 5.74) is 2.72. The zero-order valence-corrected chi connectivity index (χ0v) is 7.95. The number of nitrogens with two attached hydrogens (primary N) is 1. The quantitative estimate of drug-likeness (QED) is 0.345.